The average molecular weight is 358 g/mol. The third kappa shape index (κ3) is 3.61. The summed E-state index contributed by atoms with van der Waals surface area (Å²) >= 11 is 0. The Morgan fingerprint density at radius 2 is 2.08 bits per heavy atom. The van der Waals surface area contributed by atoms with Gasteiger partial charge in [0.15, 0.2) is 0 Å². The van der Waals surface area contributed by atoms with Crippen molar-refractivity contribution in [3.63, 3.8) is 0 Å². The number of rotatable bonds is 4. The summed E-state index contributed by atoms with van der Waals surface area (Å²) in [6, 6.07) is -0.624. The smallest absolute Gasteiger partial charge is 0.240 e. The van der Waals surface area contributed by atoms with Crippen LogP contribution in [0.1, 0.15) is 39.1 Å². The number of hydrogen-bond acceptors (Lipinski definition) is 6. The molecule has 0 aliphatic carbocycles. The molecule has 1 aliphatic heterocycles. The van der Waals surface area contributed by atoms with Crippen molar-refractivity contribution in [3.05, 3.63) is 30.7 Å². The zero-order valence-corrected chi connectivity index (χ0v) is 15.6. The lowest BCUT2D eigenvalue weighted by molar-refractivity contribution is -0.137. The van der Waals surface area contributed by atoms with E-state index in [4.69, 9.17) is 0 Å². The zero-order valence-electron chi connectivity index (χ0n) is 15.6. The predicted octanol–water partition coefficient (Wildman–Crippen LogP) is 1.14. The topological polar surface area (TPSA) is 107 Å². The molecule has 0 bridgehead atoms. The summed E-state index contributed by atoms with van der Waals surface area (Å²) in [5.74, 6) is 0.639. The monoisotopic (exact) mass is 358 g/mol. The van der Waals surface area contributed by atoms with E-state index < -0.39 is 6.10 Å². The number of carbonyl (C=O) groups is 1. The van der Waals surface area contributed by atoms with Crippen molar-refractivity contribution in [1.29, 1.82) is 0 Å². The van der Waals surface area contributed by atoms with Crippen LogP contribution in [0, 0.1) is 5.41 Å². The summed E-state index contributed by atoms with van der Waals surface area (Å²) < 4.78 is 0. The van der Waals surface area contributed by atoms with Crippen molar-refractivity contribution in [2.24, 2.45) is 5.41 Å². The SMILES string of the molecule is CN[C@H](C(=O)N1C[C@H](O)C[C@H]1c1nc(-c2cncnc2)c[nH]1)C(C)(C)C. The molecule has 8 nitrogen and oxygen atoms in total. The van der Waals surface area contributed by atoms with E-state index in [2.05, 4.69) is 25.3 Å². The molecular weight excluding hydrogens is 332 g/mol. The molecule has 0 aromatic carbocycles. The second-order valence-corrected chi connectivity index (χ2v) is 7.78. The number of imidazole rings is 1. The van der Waals surface area contributed by atoms with Crippen LogP contribution in [0.15, 0.2) is 24.9 Å². The lowest BCUT2D eigenvalue weighted by Gasteiger charge is -2.34. The number of carbonyl (C=O) groups excluding carboxylic acids is 1. The van der Waals surface area contributed by atoms with Crippen molar-refractivity contribution in [1.82, 2.24) is 30.2 Å². The molecule has 3 atom stereocenters. The predicted molar refractivity (Wildman–Crippen MR) is 97.0 cm³/mol. The fraction of sp³-hybridized carbons (Fsp3) is 0.556. The first kappa shape index (κ1) is 18.5. The first-order chi connectivity index (χ1) is 12.3. The van der Waals surface area contributed by atoms with Crippen molar-refractivity contribution in [2.75, 3.05) is 13.6 Å². The first-order valence-corrected chi connectivity index (χ1v) is 8.77. The van der Waals surface area contributed by atoms with Crippen LogP contribution in [-0.2, 0) is 4.79 Å². The van der Waals surface area contributed by atoms with Crippen LogP contribution in [0.25, 0.3) is 11.3 Å². The highest BCUT2D eigenvalue weighted by Gasteiger charge is 2.42. The van der Waals surface area contributed by atoms with E-state index in [1.807, 2.05) is 20.8 Å². The molecule has 2 aromatic heterocycles. The van der Waals surface area contributed by atoms with Gasteiger partial charge in [0, 0.05) is 37.1 Å². The Morgan fingerprint density at radius 3 is 2.69 bits per heavy atom. The number of hydrogen-bond donors (Lipinski definition) is 3. The standard InChI is InChI=1S/C18H26N6O2/c1-18(2,3)15(19-4)17(26)24-9-12(25)5-14(24)16-22-8-13(23-16)11-6-20-10-21-7-11/h6-8,10,12,14-15,19,25H,5,9H2,1-4H3,(H,22,23)/t12-,14+,15-/m1/s1. The lowest BCUT2D eigenvalue weighted by Crippen LogP contribution is -2.52. The van der Waals surface area contributed by atoms with Gasteiger partial charge in [-0.15, -0.1) is 0 Å². The fourth-order valence-corrected chi connectivity index (χ4v) is 3.50. The third-order valence-electron chi connectivity index (χ3n) is 4.73. The van der Waals surface area contributed by atoms with Crippen LogP contribution in [0.3, 0.4) is 0 Å². The molecule has 1 aliphatic rings. The van der Waals surface area contributed by atoms with E-state index in [-0.39, 0.29) is 23.4 Å². The summed E-state index contributed by atoms with van der Waals surface area (Å²) in [4.78, 5) is 30.6. The van der Waals surface area contributed by atoms with Gasteiger partial charge in [-0.2, -0.15) is 0 Å². The minimum absolute atomic E-state index is 0.0254. The Morgan fingerprint density at radius 1 is 1.38 bits per heavy atom. The number of H-pyrrole nitrogens is 1. The van der Waals surface area contributed by atoms with Crippen LogP contribution >= 0.6 is 0 Å². The molecule has 3 rings (SSSR count). The maximum absolute atomic E-state index is 13.1. The molecule has 1 fully saturated rings. The number of aliphatic hydroxyl groups is 1. The highest BCUT2D eigenvalue weighted by Crippen LogP contribution is 2.34. The van der Waals surface area contributed by atoms with E-state index in [0.29, 0.717) is 18.8 Å². The third-order valence-corrected chi connectivity index (χ3v) is 4.73. The van der Waals surface area contributed by atoms with Gasteiger partial charge in [-0.3, -0.25) is 4.79 Å². The number of likely N-dealkylation sites (N-methyl/N-ethyl adjacent to an activating group) is 1. The van der Waals surface area contributed by atoms with Crippen LogP contribution in [-0.4, -0.2) is 61.6 Å². The van der Waals surface area contributed by atoms with Gasteiger partial charge in [0.1, 0.15) is 12.2 Å². The molecule has 0 unspecified atom stereocenters. The molecule has 3 heterocycles. The van der Waals surface area contributed by atoms with Crippen LogP contribution in [0.2, 0.25) is 0 Å². The molecule has 2 aromatic rings. The van der Waals surface area contributed by atoms with E-state index in [9.17, 15) is 9.90 Å². The quantitative estimate of drug-likeness (QED) is 0.756. The molecule has 1 amide bonds. The number of β-amino-alcohol motifs (C(OH)–C–C–N with tert-alkyl or cyclic N) is 1. The highest BCUT2D eigenvalue weighted by atomic mass is 16.3. The maximum atomic E-state index is 13.1. The highest BCUT2D eigenvalue weighted by molar-refractivity contribution is 5.83. The van der Waals surface area contributed by atoms with Gasteiger partial charge >= 0.3 is 0 Å². The number of nitrogens with zero attached hydrogens (tertiary/aromatic N) is 4. The Kier molecular flexibility index (Phi) is 5.06. The van der Waals surface area contributed by atoms with Gasteiger partial charge in [-0.05, 0) is 12.5 Å². The summed E-state index contributed by atoms with van der Waals surface area (Å²) in [7, 11) is 1.79. The Labute approximate surface area is 153 Å². The lowest BCUT2D eigenvalue weighted by atomic mass is 9.86. The number of aromatic nitrogens is 4. The Hall–Kier alpha value is -2.32. The number of likely N-dealkylation sites (tertiary alicyclic amines) is 1. The van der Waals surface area contributed by atoms with Crippen molar-refractivity contribution < 1.29 is 9.90 Å². The van der Waals surface area contributed by atoms with Gasteiger partial charge in [0.2, 0.25) is 5.91 Å². The van der Waals surface area contributed by atoms with E-state index in [1.165, 1.54) is 6.33 Å². The average Bonchev–Trinajstić information content (AvgIpc) is 3.21. The van der Waals surface area contributed by atoms with Gasteiger partial charge in [-0.25, -0.2) is 15.0 Å². The second kappa shape index (κ2) is 7.13. The maximum Gasteiger partial charge on any atom is 0.240 e. The molecule has 8 heteroatoms. The molecule has 1 saturated heterocycles. The number of nitrogens with one attached hydrogen (secondary N) is 2. The van der Waals surface area contributed by atoms with Crippen LogP contribution in [0.5, 0.6) is 0 Å². The largest absolute Gasteiger partial charge is 0.391 e. The molecule has 140 valence electrons. The van der Waals surface area contributed by atoms with Crippen LogP contribution < -0.4 is 5.32 Å². The first-order valence-electron chi connectivity index (χ1n) is 8.77. The van der Waals surface area contributed by atoms with Crippen molar-refractivity contribution in [3.8, 4) is 11.3 Å². The Bertz CT molecular complexity index is 755. The van der Waals surface area contributed by atoms with Gasteiger partial charge in [-0.1, -0.05) is 20.8 Å². The second-order valence-electron chi connectivity index (χ2n) is 7.78. The van der Waals surface area contributed by atoms with Gasteiger partial charge < -0.3 is 20.3 Å². The summed E-state index contributed by atoms with van der Waals surface area (Å²) in [5.41, 5.74) is 1.28. The molecule has 3 N–H and O–H groups in total. The van der Waals surface area contributed by atoms with Gasteiger partial charge in [0.05, 0.1) is 23.9 Å². The fourth-order valence-electron chi connectivity index (χ4n) is 3.50. The normalized spacial score (nSPS) is 21.8. The van der Waals surface area contributed by atoms with E-state index in [1.54, 1.807) is 30.5 Å². The zero-order chi connectivity index (χ0) is 18.9. The summed E-state index contributed by atoms with van der Waals surface area (Å²) in [6.07, 6.45) is 6.53. The number of aliphatic hydroxyl groups excluding tert-OH is 1. The van der Waals surface area contributed by atoms with E-state index >= 15 is 0 Å². The van der Waals surface area contributed by atoms with Crippen molar-refractivity contribution >= 4 is 5.91 Å². The number of amides is 1. The minimum Gasteiger partial charge on any atom is -0.391 e. The van der Waals surface area contributed by atoms with Gasteiger partial charge in [0.25, 0.3) is 0 Å². The summed E-state index contributed by atoms with van der Waals surface area (Å²) in [6.45, 7) is 6.37. The van der Waals surface area contributed by atoms with Crippen LogP contribution in [0.4, 0.5) is 0 Å². The van der Waals surface area contributed by atoms with E-state index in [0.717, 1.165) is 11.3 Å². The molecule has 0 radical (unpaired) electrons. The molecular formula is C18H26N6O2. The number of aromatic amines is 1. The minimum atomic E-state index is -0.560. The summed E-state index contributed by atoms with van der Waals surface area (Å²) in [5, 5.41) is 13.3. The van der Waals surface area contributed by atoms with Crippen molar-refractivity contribution in [2.45, 2.75) is 45.4 Å². The molecule has 0 saturated carbocycles. The molecule has 26 heavy (non-hydrogen) atoms. The Balaban J connectivity index is 1.87. The molecule has 0 spiro atoms.